The van der Waals surface area contributed by atoms with Gasteiger partial charge in [0.2, 0.25) is 5.78 Å². The molecule has 200 valence electrons. The fraction of sp³-hybridized carbons (Fsp3) is 0.480. The number of fused-ring (bicyclic) bond motifs is 3. The second-order valence-corrected chi connectivity index (χ2v) is 10.2. The van der Waals surface area contributed by atoms with E-state index >= 15 is 0 Å². The zero-order chi connectivity index (χ0) is 27.6. The molecule has 0 radical (unpaired) electrons. The molecule has 0 saturated heterocycles. The highest BCUT2D eigenvalue weighted by molar-refractivity contribution is 6.34. The largest absolute Gasteiger partial charge is 0.510 e. The average molecular weight is 515 g/mol. The van der Waals surface area contributed by atoms with Crippen LogP contribution in [0.15, 0.2) is 23.0 Å². The molecular formula is C25H34N6O6. The second-order valence-electron chi connectivity index (χ2n) is 10.2. The van der Waals surface area contributed by atoms with E-state index in [9.17, 15) is 30.0 Å². The number of ketones is 1. The molecule has 0 bridgehead atoms. The van der Waals surface area contributed by atoms with Gasteiger partial charge in [-0.1, -0.05) is 0 Å². The molecule has 12 nitrogen and oxygen atoms in total. The number of nitrogens with one attached hydrogen (secondary N) is 2. The van der Waals surface area contributed by atoms with Gasteiger partial charge in [0.15, 0.2) is 5.60 Å². The van der Waals surface area contributed by atoms with Gasteiger partial charge in [-0.05, 0) is 44.5 Å². The number of carbonyl (C=O) groups excluding carboxylic acids is 2. The number of benzene rings is 1. The smallest absolute Gasteiger partial charge is 0.257 e. The molecule has 1 aromatic rings. The lowest BCUT2D eigenvalue weighted by molar-refractivity contribution is -0.138. The van der Waals surface area contributed by atoms with Crippen molar-refractivity contribution in [3.63, 3.8) is 0 Å². The molecule has 0 aliphatic heterocycles. The first kappa shape index (κ1) is 26.6. The Kier molecular flexibility index (Phi) is 6.57. The zero-order valence-corrected chi connectivity index (χ0v) is 21.3. The van der Waals surface area contributed by atoms with Crippen LogP contribution in [0.3, 0.4) is 0 Å². The van der Waals surface area contributed by atoms with Gasteiger partial charge >= 0.3 is 0 Å². The van der Waals surface area contributed by atoms with Crippen LogP contribution in [0.5, 0.6) is 5.75 Å². The number of hydrogen-bond donors (Lipinski definition) is 8. The molecule has 3 aliphatic carbocycles. The number of hydrogen-bond acceptors (Lipinski definition) is 11. The minimum absolute atomic E-state index is 0.00913. The number of nitrogens with zero attached hydrogens (tertiary/aromatic N) is 2. The number of anilines is 1. The van der Waals surface area contributed by atoms with Crippen molar-refractivity contribution >= 4 is 28.8 Å². The molecule has 10 N–H and O–H groups in total. The van der Waals surface area contributed by atoms with Crippen LogP contribution in [-0.4, -0.2) is 89.2 Å². The Hall–Kier alpha value is -3.45. The Morgan fingerprint density at radius 1 is 1.22 bits per heavy atom. The van der Waals surface area contributed by atoms with Gasteiger partial charge in [0.25, 0.3) is 5.91 Å². The first-order valence-corrected chi connectivity index (χ1v) is 12.0. The summed E-state index contributed by atoms with van der Waals surface area (Å²) in [6.07, 6.45) is 0.381. The summed E-state index contributed by atoms with van der Waals surface area (Å²) in [6.45, 7) is -0.294. The number of likely N-dealkylation sites (N-methyl/N-ethyl adjacent to an activating group) is 1. The van der Waals surface area contributed by atoms with Crippen molar-refractivity contribution in [2.24, 2.45) is 23.3 Å². The van der Waals surface area contributed by atoms with Crippen LogP contribution in [0.2, 0.25) is 0 Å². The molecule has 4 rings (SSSR count). The van der Waals surface area contributed by atoms with Gasteiger partial charge < -0.3 is 47.5 Å². The zero-order valence-electron chi connectivity index (χ0n) is 21.3. The third kappa shape index (κ3) is 3.62. The highest BCUT2D eigenvalue weighted by atomic mass is 16.3. The second kappa shape index (κ2) is 9.14. The van der Waals surface area contributed by atoms with Crippen molar-refractivity contribution in [1.82, 2.24) is 10.2 Å². The molecule has 1 aromatic carbocycles. The SMILES string of the molecule is CN(C)c1cc(CN)c(O)c2c1C[C@H]1C[C@H]3[C@H](N(C)C)C(O)=C(C(=O)NCN)C(=N)[C@@]3(O)C(=O)C1=C2O. The van der Waals surface area contributed by atoms with Crippen LogP contribution < -0.4 is 21.7 Å². The van der Waals surface area contributed by atoms with Gasteiger partial charge in [0, 0.05) is 43.4 Å². The van der Waals surface area contributed by atoms with E-state index in [4.69, 9.17) is 16.9 Å². The number of aliphatic hydroxyl groups is 3. The van der Waals surface area contributed by atoms with Gasteiger partial charge in [0.1, 0.15) is 22.8 Å². The van der Waals surface area contributed by atoms with E-state index in [0.29, 0.717) is 11.1 Å². The molecule has 1 fully saturated rings. The van der Waals surface area contributed by atoms with Crippen molar-refractivity contribution in [3.05, 3.63) is 39.7 Å². The number of amides is 1. The number of aliphatic hydroxyl groups excluding tert-OH is 2. The van der Waals surface area contributed by atoms with E-state index < -0.39 is 58.0 Å². The molecule has 37 heavy (non-hydrogen) atoms. The standard InChI is InChI=1S/C25H34N6O6/c1-30(2)14-7-11(8-26)19(32)16-12(14)5-10-6-13-18(31(3)4)21(34)17(24(36)29-9-27)22(28)25(13,37)23(35)15(10)20(16)33/h7,10,13,18,28,32-34,37H,5-6,8-9,26-27H2,1-4H3,(H,29,36)/t10-,13-,18-,25+/m0/s1. The summed E-state index contributed by atoms with van der Waals surface area (Å²) in [5.41, 5.74) is 9.09. The van der Waals surface area contributed by atoms with Crippen LogP contribution in [0.1, 0.15) is 23.1 Å². The lowest BCUT2D eigenvalue weighted by Gasteiger charge is -2.51. The maximum atomic E-state index is 14.0. The van der Waals surface area contributed by atoms with E-state index in [1.54, 1.807) is 25.1 Å². The first-order chi connectivity index (χ1) is 17.3. The maximum Gasteiger partial charge on any atom is 0.257 e. The summed E-state index contributed by atoms with van der Waals surface area (Å²) < 4.78 is 0. The predicted molar refractivity (Wildman–Crippen MR) is 137 cm³/mol. The molecular weight excluding hydrogens is 480 g/mol. The topological polar surface area (TPSA) is 209 Å². The third-order valence-electron chi connectivity index (χ3n) is 7.78. The van der Waals surface area contributed by atoms with Gasteiger partial charge in [-0.3, -0.25) is 14.5 Å². The van der Waals surface area contributed by atoms with Crippen LogP contribution in [-0.2, 0) is 22.6 Å². The predicted octanol–water partition coefficient (Wildman–Crippen LogP) is -0.514. The van der Waals surface area contributed by atoms with Crippen LogP contribution in [0, 0.1) is 17.2 Å². The number of aromatic hydroxyl groups is 1. The molecule has 1 amide bonds. The number of Topliss-reactive ketones (excluding diaryl/α,β-unsaturated/α-hetero) is 1. The van der Waals surface area contributed by atoms with Crippen molar-refractivity contribution in [3.8, 4) is 5.75 Å². The number of phenolic OH excluding ortho intramolecular Hbond substituents is 1. The monoisotopic (exact) mass is 514 g/mol. The van der Waals surface area contributed by atoms with E-state index in [1.165, 1.54) is 0 Å². The van der Waals surface area contributed by atoms with Gasteiger partial charge in [-0.25, -0.2) is 0 Å². The quantitative estimate of drug-likeness (QED) is 0.236. The van der Waals surface area contributed by atoms with Crippen LogP contribution in [0.4, 0.5) is 5.69 Å². The van der Waals surface area contributed by atoms with Crippen molar-refractivity contribution in [1.29, 1.82) is 5.41 Å². The molecule has 0 unspecified atom stereocenters. The minimum Gasteiger partial charge on any atom is -0.510 e. The molecule has 0 spiro atoms. The molecule has 0 aromatic heterocycles. The molecule has 1 saturated carbocycles. The normalized spacial score (nSPS) is 27.2. The van der Waals surface area contributed by atoms with Crippen molar-refractivity contribution in [2.45, 2.75) is 31.0 Å². The first-order valence-electron chi connectivity index (χ1n) is 12.0. The van der Waals surface area contributed by atoms with E-state index in [1.807, 2.05) is 19.0 Å². The summed E-state index contributed by atoms with van der Waals surface area (Å²) in [7, 11) is 6.90. The van der Waals surface area contributed by atoms with E-state index in [0.717, 1.165) is 5.69 Å². The summed E-state index contributed by atoms with van der Waals surface area (Å²) in [5, 5.41) is 56.3. The minimum atomic E-state index is -2.51. The Balaban J connectivity index is 1.97. The van der Waals surface area contributed by atoms with E-state index in [-0.39, 0.29) is 42.9 Å². The van der Waals surface area contributed by atoms with Crippen molar-refractivity contribution < 1.29 is 30.0 Å². The fourth-order valence-electron chi connectivity index (χ4n) is 6.12. The Morgan fingerprint density at radius 3 is 2.41 bits per heavy atom. The van der Waals surface area contributed by atoms with Gasteiger partial charge in [0.05, 0.1) is 24.0 Å². The summed E-state index contributed by atoms with van der Waals surface area (Å²) in [5.74, 6) is -4.57. The average Bonchev–Trinajstić information content (AvgIpc) is 2.81. The van der Waals surface area contributed by atoms with Crippen LogP contribution in [0.25, 0.3) is 5.76 Å². The Labute approximate surface area is 214 Å². The number of nitrogens with two attached hydrogens (primary N) is 2. The number of phenols is 1. The number of rotatable bonds is 5. The van der Waals surface area contributed by atoms with Crippen molar-refractivity contribution in [2.75, 3.05) is 39.8 Å². The van der Waals surface area contributed by atoms with E-state index in [2.05, 4.69) is 5.32 Å². The third-order valence-corrected chi connectivity index (χ3v) is 7.78. The van der Waals surface area contributed by atoms with Crippen LogP contribution >= 0.6 is 0 Å². The maximum absolute atomic E-state index is 14.0. The molecule has 3 aliphatic rings. The Bertz CT molecular complexity index is 1270. The lowest BCUT2D eigenvalue weighted by atomic mass is 9.56. The summed E-state index contributed by atoms with van der Waals surface area (Å²) in [6, 6.07) is 0.775. The highest BCUT2D eigenvalue weighted by Crippen LogP contribution is 2.53. The molecule has 0 heterocycles. The molecule has 4 atom stereocenters. The fourth-order valence-corrected chi connectivity index (χ4v) is 6.12. The lowest BCUT2D eigenvalue weighted by Crippen LogP contribution is -2.67. The van der Waals surface area contributed by atoms with Gasteiger partial charge in [-0.15, -0.1) is 0 Å². The summed E-state index contributed by atoms with van der Waals surface area (Å²) in [4.78, 5) is 30.2. The van der Waals surface area contributed by atoms with Gasteiger partial charge in [-0.2, -0.15) is 0 Å². The Morgan fingerprint density at radius 2 is 1.86 bits per heavy atom. The number of carbonyl (C=O) groups is 2. The summed E-state index contributed by atoms with van der Waals surface area (Å²) >= 11 is 0. The molecule has 12 heteroatoms. The highest BCUT2D eigenvalue weighted by Gasteiger charge is 2.63.